The zero-order valence-corrected chi connectivity index (χ0v) is 23.6. The molecular formula is C32H34N8O2. The molecule has 0 bridgehead atoms. The van der Waals surface area contributed by atoms with Crippen LogP contribution in [0, 0.1) is 6.92 Å². The van der Waals surface area contributed by atoms with Crippen molar-refractivity contribution in [3.63, 3.8) is 0 Å². The number of pyridine rings is 1. The fraction of sp³-hybridized carbons (Fsp3) is 0.406. The van der Waals surface area contributed by atoms with Gasteiger partial charge in [-0.1, -0.05) is 12.1 Å². The van der Waals surface area contributed by atoms with Crippen LogP contribution in [0.4, 0.5) is 0 Å². The van der Waals surface area contributed by atoms with Gasteiger partial charge in [-0.2, -0.15) is 10.2 Å². The lowest BCUT2D eigenvalue weighted by atomic mass is 9.93. The first-order valence-electron chi connectivity index (χ1n) is 15.0. The van der Waals surface area contributed by atoms with Gasteiger partial charge in [0.05, 0.1) is 53.5 Å². The van der Waals surface area contributed by atoms with Crippen molar-refractivity contribution in [3.8, 4) is 22.4 Å². The Balaban J connectivity index is 1.12. The number of hydrogen-bond acceptors (Lipinski definition) is 7. The Hall–Kier alpha value is -4.15. The minimum atomic E-state index is -0.182. The zero-order valence-electron chi connectivity index (χ0n) is 23.6. The summed E-state index contributed by atoms with van der Waals surface area (Å²) in [7, 11) is 0. The average Bonchev–Trinajstić information content (AvgIpc) is 3.75. The molecule has 5 aromatic rings. The molecule has 1 aromatic carbocycles. The van der Waals surface area contributed by atoms with Gasteiger partial charge in [0.2, 0.25) is 5.91 Å². The number of rotatable bonds is 4. The minimum Gasteiger partial charge on any atom is -0.393 e. The van der Waals surface area contributed by atoms with Crippen molar-refractivity contribution >= 4 is 22.5 Å². The number of carbonyl (C=O) groups excluding carboxylic acids is 1. The molecule has 2 saturated heterocycles. The second-order valence-corrected chi connectivity index (χ2v) is 12.0. The number of benzene rings is 1. The van der Waals surface area contributed by atoms with Crippen molar-refractivity contribution in [1.29, 1.82) is 0 Å². The van der Waals surface area contributed by atoms with E-state index in [1.54, 1.807) is 0 Å². The number of aromatic nitrogens is 6. The van der Waals surface area contributed by atoms with Crippen LogP contribution in [-0.2, 0) is 4.79 Å². The lowest BCUT2D eigenvalue weighted by molar-refractivity contribution is -0.130. The molecule has 8 rings (SSSR count). The molecule has 214 valence electrons. The Morgan fingerprint density at radius 1 is 1.00 bits per heavy atom. The number of imidazole rings is 1. The summed E-state index contributed by atoms with van der Waals surface area (Å²) >= 11 is 0. The summed E-state index contributed by atoms with van der Waals surface area (Å²) in [5, 5.41) is 24.2. The molecule has 2 atom stereocenters. The van der Waals surface area contributed by atoms with Crippen LogP contribution >= 0.6 is 0 Å². The molecule has 0 radical (unpaired) electrons. The third-order valence-corrected chi connectivity index (χ3v) is 9.51. The smallest absolute Gasteiger partial charge is 0.223 e. The maximum absolute atomic E-state index is 12.3. The van der Waals surface area contributed by atoms with Crippen molar-refractivity contribution in [2.75, 3.05) is 13.1 Å². The van der Waals surface area contributed by atoms with E-state index in [2.05, 4.69) is 40.9 Å². The lowest BCUT2D eigenvalue weighted by Crippen LogP contribution is -2.51. The van der Waals surface area contributed by atoms with Crippen LogP contribution < -0.4 is 5.32 Å². The first-order chi connectivity index (χ1) is 20.5. The van der Waals surface area contributed by atoms with E-state index in [0.717, 1.165) is 89.8 Å². The second kappa shape index (κ2) is 9.99. The highest BCUT2D eigenvalue weighted by atomic mass is 16.3. The van der Waals surface area contributed by atoms with Crippen molar-refractivity contribution < 1.29 is 9.90 Å². The third-order valence-electron chi connectivity index (χ3n) is 9.51. The van der Waals surface area contributed by atoms with Crippen LogP contribution in [0.2, 0.25) is 0 Å². The van der Waals surface area contributed by atoms with E-state index in [4.69, 9.17) is 15.1 Å². The van der Waals surface area contributed by atoms with Crippen LogP contribution in [0.25, 0.3) is 38.9 Å². The van der Waals surface area contributed by atoms with Gasteiger partial charge in [-0.3, -0.25) is 14.5 Å². The van der Waals surface area contributed by atoms with Crippen molar-refractivity contribution in [1.82, 2.24) is 39.6 Å². The zero-order chi connectivity index (χ0) is 28.4. The summed E-state index contributed by atoms with van der Waals surface area (Å²) in [6.07, 6.45) is 12.6. The molecule has 2 aliphatic heterocycles. The summed E-state index contributed by atoms with van der Waals surface area (Å²) in [4.78, 5) is 23.9. The topological polar surface area (TPSA) is 113 Å². The number of nitrogens with zero attached hydrogens (tertiary/aromatic N) is 7. The number of aryl methyl sites for hydroxylation is 1. The summed E-state index contributed by atoms with van der Waals surface area (Å²) in [6, 6.07) is 11.2. The number of piperazine rings is 1. The molecule has 10 nitrogen and oxygen atoms in total. The molecule has 42 heavy (non-hydrogen) atoms. The van der Waals surface area contributed by atoms with E-state index in [-0.39, 0.29) is 24.1 Å². The Bertz CT molecular complexity index is 1820. The average molecular weight is 563 g/mol. The van der Waals surface area contributed by atoms with Gasteiger partial charge in [-0.15, -0.1) is 0 Å². The molecule has 4 aromatic heterocycles. The number of aliphatic hydroxyl groups excluding tert-OH is 1. The van der Waals surface area contributed by atoms with Gasteiger partial charge in [0.25, 0.3) is 0 Å². The Labute approximate surface area is 243 Å². The van der Waals surface area contributed by atoms with E-state index in [1.807, 2.05) is 45.7 Å². The second-order valence-electron chi connectivity index (χ2n) is 12.0. The van der Waals surface area contributed by atoms with Crippen LogP contribution in [-0.4, -0.2) is 70.5 Å². The fourth-order valence-electron chi connectivity index (χ4n) is 7.27. The summed E-state index contributed by atoms with van der Waals surface area (Å²) in [5.41, 5.74) is 7.75. The van der Waals surface area contributed by atoms with Crippen molar-refractivity contribution in [3.05, 3.63) is 66.4 Å². The number of aliphatic hydroxyl groups is 1. The Kier molecular flexibility index (Phi) is 6.08. The molecule has 6 heterocycles. The maximum atomic E-state index is 12.3. The highest BCUT2D eigenvalue weighted by molar-refractivity contribution is 5.94. The van der Waals surface area contributed by atoms with Gasteiger partial charge in [-0.05, 0) is 62.8 Å². The van der Waals surface area contributed by atoms with Crippen LogP contribution in [0.15, 0.2) is 55.1 Å². The number of fused-ring (bicyclic) bond motifs is 3. The molecule has 2 unspecified atom stereocenters. The van der Waals surface area contributed by atoms with Gasteiger partial charge in [0.1, 0.15) is 0 Å². The molecule has 0 spiro atoms. The summed E-state index contributed by atoms with van der Waals surface area (Å²) in [6.45, 7) is 3.61. The van der Waals surface area contributed by atoms with Gasteiger partial charge < -0.3 is 15.3 Å². The summed E-state index contributed by atoms with van der Waals surface area (Å²) in [5.74, 6) is 0.269. The van der Waals surface area contributed by atoms with Gasteiger partial charge in [0.15, 0.2) is 5.65 Å². The third kappa shape index (κ3) is 4.20. The first kappa shape index (κ1) is 25.6. The monoisotopic (exact) mass is 562 g/mol. The van der Waals surface area contributed by atoms with E-state index in [0.29, 0.717) is 12.5 Å². The van der Waals surface area contributed by atoms with Crippen LogP contribution in [0.3, 0.4) is 0 Å². The quantitative estimate of drug-likeness (QED) is 0.337. The Morgan fingerprint density at radius 2 is 1.88 bits per heavy atom. The standard InChI is InChI=1S/C32H34N8O2/c1-19-26(21-16-36-39(18-21)22-3-5-23(41)6-4-22)15-30-35-17-29(40(30)37-19)25-10-11-33-27-14-20(2-7-24(25)27)32-28-8-9-31(42)38(28)13-12-34-32/h2,7,10-11,14-18,22-23,28,32,34,41H,3-6,8-9,12-13H2,1H3. The molecule has 1 amide bonds. The Morgan fingerprint density at radius 3 is 2.76 bits per heavy atom. The highest BCUT2D eigenvalue weighted by Gasteiger charge is 2.39. The van der Waals surface area contributed by atoms with Gasteiger partial charge in [0, 0.05) is 54.0 Å². The van der Waals surface area contributed by atoms with Gasteiger partial charge >= 0.3 is 0 Å². The van der Waals surface area contributed by atoms with Crippen molar-refractivity contribution in [2.24, 2.45) is 0 Å². The molecule has 10 heteroatoms. The molecule has 2 N–H and O–H groups in total. The highest BCUT2D eigenvalue weighted by Crippen LogP contribution is 2.36. The van der Waals surface area contributed by atoms with E-state index in [9.17, 15) is 9.90 Å². The predicted octanol–water partition coefficient (Wildman–Crippen LogP) is 4.23. The molecule has 3 aliphatic rings. The van der Waals surface area contributed by atoms with E-state index in [1.165, 1.54) is 5.56 Å². The van der Waals surface area contributed by atoms with E-state index < -0.39 is 0 Å². The van der Waals surface area contributed by atoms with Gasteiger partial charge in [-0.25, -0.2) is 9.50 Å². The molecule has 1 saturated carbocycles. The number of carbonyl (C=O) groups is 1. The number of hydrogen-bond donors (Lipinski definition) is 2. The normalized spacial score (nSPS) is 24.5. The molecule has 3 fully saturated rings. The number of amides is 1. The van der Waals surface area contributed by atoms with Crippen LogP contribution in [0.1, 0.15) is 61.9 Å². The first-order valence-corrected chi connectivity index (χ1v) is 15.0. The maximum Gasteiger partial charge on any atom is 0.223 e. The lowest BCUT2D eigenvalue weighted by Gasteiger charge is -2.38. The molecular weight excluding hydrogens is 528 g/mol. The largest absolute Gasteiger partial charge is 0.393 e. The fourth-order valence-corrected chi connectivity index (χ4v) is 7.27. The predicted molar refractivity (Wildman–Crippen MR) is 159 cm³/mol. The van der Waals surface area contributed by atoms with Crippen LogP contribution in [0.5, 0.6) is 0 Å². The van der Waals surface area contributed by atoms with E-state index >= 15 is 0 Å². The summed E-state index contributed by atoms with van der Waals surface area (Å²) < 4.78 is 3.96. The minimum absolute atomic E-state index is 0.118. The SMILES string of the molecule is Cc1nn2c(-c3ccnc4cc(C5NCCN6C(=O)CCC56)ccc34)cnc2cc1-c1cnn(C2CCC(O)CC2)c1. The number of nitrogens with one attached hydrogen (secondary N) is 1. The molecule has 1 aliphatic carbocycles. The van der Waals surface area contributed by atoms with Crippen molar-refractivity contribution in [2.45, 2.75) is 69.7 Å².